The van der Waals surface area contributed by atoms with E-state index in [1.54, 1.807) is 26.4 Å². The minimum atomic E-state index is -4.86. The SMILES string of the molecule is COc1ccc(O[C@@H]2CCCC[C@H]2[N@+]2(COP(=O)([O-])O)CC[C@H](O)C2)cc1OC. The lowest BCUT2D eigenvalue weighted by molar-refractivity contribution is -0.959. The normalized spacial score (nSPS) is 31.8. The van der Waals surface area contributed by atoms with Gasteiger partial charge in [0.25, 0.3) is 7.82 Å². The summed E-state index contributed by atoms with van der Waals surface area (Å²) in [5.74, 6) is 1.80. The van der Waals surface area contributed by atoms with Gasteiger partial charge in [-0.15, -0.1) is 0 Å². The van der Waals surface area contributed by atoms with Gasteiger partial charge in [-0.2, -0.15) is 0 Å². The molecule has 29 heavy (non-hydrogen) atoms. The average Bonchev–Trinajstić information content (AvgIpc) is 3.08. The third-order valence-electron chi connectivity index (χ3n) is 5.97. The van der Waals surface area contributed by atoms with E-state index < -0.39 is 13.9 Å². The van der Waals surface area contributed by atoms with Crippen molar-refractivity contribution in [3.8, 4) is 17.2 Å². The van der Waals surface area contributed by atoms with Gasteiger partial charge >= 0.3 is 0 Å². The van der Waals surface area contributed by atoms with Crippen molar-refractivity contribution in [2.45, 2.75) is 50.4 Å². The number of rotatable bonds is 8. The van der Waals surface area contributed by atoms with E-state index >= 15 is 0 Å². The lowest BCUT2D eigenvalue weighted by Gasteiger charge is -2.46. The van der Waals surface area contributed by atoms with Gasteiger partial charge in [-0.1, -0.05) is 0 Å². The summed E-state index contributed by atoms with van der Waals surface area (Å²) in [6, 6.07) is 5.30. The number of hydrogen-bond donors (Lipinski definition) is 2. The summed E-state index contributed by atoms with van der Waals surface area (Å²) in [5, 5.41) is 10.2. The third-order valence-corrected chi connectivity index (χ3v) is 6.42. The van der Waals surface area contributed by atoms with E-state index in [4.69, 9.17) is 23.6 Å². The Morgan fingerprint density at radius 1 is 1.17 bits per heavy atom. The molecule has 1 aromatic carbocycles. The van der Waals surface area contributed by atoms with Gasteiger partial charge in [0.15, 0.2) is 24.3 Å². The summed E-state index contributed by atoms with van der Waals surface area (Å²) in [5.41, 5.74) is 0. The molecule has 9 nitrogen and oxygen atoms in total. The number of phosphoric acid groups is 1. The molecule has 1 aromatic rings. The fourth-order valence-electron chi connectivity index (χ4n) is 4.62. The Labute approximate surface area is 171 Å². The Morgan fingerprint density at radius 2 is 1.90 bits per heavy atom. The molecule has 1 saturated carbocycles. The van der Waals surface area contributed by atoms with Crippen molar-refractivity contribution in [2.75, 3.05) is 34.0 Å². The number of quaternary nitrogens is 1. The van der Waals surface area contributed by atoms with Crippen molar-refractivity contribution in [1.82, 2.24) is 0 Å². The molecule has 5 atom stereocenters. The van der Waals surface area contributed by atoms with E-state index in [0.29, 0.717) is 36.8 Å². The van der Waals surface area contributed by atoms with E-state index in [0.717, 1.165) is 25.7 Å². The molecular weight excluding hydrogens is 401 g/mol. The molecule has 3 rings (SSSR count). The van der Waals surface area contributed by atoms with E-state index in [1.807, 2.05) is 6.07 Å². The topological polar surface area (TPSA) is 118 Å². The molecular formula is C19H30NO8P. The maximum atomic E-state index is 11.2. The first kappa shape index (κ1) is 22.3. The molecule has 1 unspecified atom stereocenters. The zero-order chi connectivity index (χ0) is 21.1. The van der Waals surface area contributed by atoms with Crippen molar-refractivity contribution in [3.05, 3.63) is 18.2 Å². The first-order valence-corrected chi connectivity index (χ1v) is 11.4. The number of ether oxygens (including phenoxy) is 3. The van der Waals surface area contributed by atoms with Crippen LogP contribution in [0.15, 0.2) is 18.2 Å². The molecule has 0 radical (unpaired) electrons. The number of nitrogens with zero attached hydrogens (tertiary/aromatic N) is 1. The second kappa shape index (κ2) is 9.20. The van der Waals surface area contributed by atoms with Crippen molar-refractivity contribution < 1.29 is 42.7 Å². The molecule has 10 heteroatoms. The lowest BCUT2D eigenvalue weighted by Crippen LogP contribution is -2.61. The minimum absolute atomic E-state index is 0.0550. The van der Waals surface area contributed by atoms with Crippen LogP contribution in [0.3, 0.4) is 0 Å². The van der Waals surface area contributed by atoms with Gasteiger partial charge in [0.1, 0.15) is 24.4 Å². The highest BCUT2D eigenvalue weighted by Crippen LogP contribution is 2.40. The van der Waals surface area contributed by atoms with Crippen LogP contribution in [0.2, 0.25) is 0 Å². The molecule has 1 saturated heterocycles. The van der Waals surface area contributed by atoms with Crippen molar-refractivity contribution in [3.63, 3.8) is 0 Å². The van der Waals surface area contributed by atoms with Gasteiger partial charge in [0.2, 0.25) is 0 Å². The highest BCUT2D eigenvalue weighted by molar-refractivity contribution is 7.44. The fraction of sp³-hybridized carbons (Fsp3) is 0.684. The van der Waals surface area contributed by atoms with Crippen LogP contribution in [-0.2, 0) is 9.09 Å². The largest absolute Gasteiger partial charge is 0.756 e. The van der Waals surface area contributed by atoms with Crippen LogP contribution < -0.4 is 19.1 Å². The molecule has 1 aliphatic heterocycles. The van der Waals surface area contributed by atoms with Crippen LogP contribution in [0.4, 0.5) is 0 Å². The van der Waals surface area contributed by atoms with E-state index in [-0.39, 0.29) is 23.4 Å². The van der Waals surface area contributed by atoms with Gasteiger partial charge in [0.05, 0.1) is 20.8 Å². The Hall–Kier alpha value is -1.35. The third kappa shape index (κ3) is 5.42. The summed E-state index contributed by atoms with van der Waals surface area (Å²) >= 11 is 0. The van der Waals surface area contributed by atoms with Crippen molar-refractivity contribution in [1.29, 1.82) is 0 Å². The number of hydrogen-bond acceptors (Lipinski definition) is 7. The summed E-state index contributed by atoms with van der Waals surface area (Å²) in [6.45, 7) is 0.735. The quantitative estimate of drug-likeness (QED) is 0.469. The standard InChI is InChI=1S/C19H30NO8P/c1-25-18-8-7-15(11-19(18)26-2)28-17-6-4-3-5-16(17)20(10-9-14(21)12-20)13-27-29(22,23)24/h7-8,11,14,16-17,21H,3-6,9-10,12-13H2,1-2H3,(H-,22,23,24)/t14-,16+,17+,20+/m0/s1. The first-order valence-electron chi connectivity index (χ1n) is 9.87. The molecule has 0 bridgehead atoms. The maximum Gasteiger partial charge on any atom is 0.269 e. The second-order valence-corrected chi connectivity index (χ2v) is 9.01. The van der Waals surface area contributed by atoms with E-state index in [2.05, 4.69) is 0 Å². The van der Waals surface area contributed by atoms with E-state index in [1.165, 1.54) is 0 Å². The number of likely N-dealkylation sites (tertiary alicyclic amines) is 1. The molecule has 2 fully saturated rings. The molecule has 1 heterocycles. The van der Waals surface area contributed by atoms with Crippen LogP contribution in [0, 0.1) is 0 Å². The summed E-state index contributed by atoms with van der Waals surface area (Å²) in [7, 11) is -1.73. The number of aliphatic hydroxyl groups excluding tert-OH is 1. The average molecular weight is 431 g/mol. The van der Waals surface area contributed by atoms with Crippen molar-refractivity contribution in [2.24, 2.45) is 0 Å². The Bertz CT molecular complexity index is 741. The van der Waals surface area contributed by atoms with Gasteiger partial charge < -0.3 is 29.1 Å². The zero-order valence-corrected chi connectivity index (χ0v) is 17.8. The van der Waals surface area contributed by atoms with Crippen LogP contribution in [0.1, 0.15) is 32.1 Å². The molecule has 0 aromatic heterocycles. The molecule has 164 valence electrons. The smallest absolute Gasteiger partial charge is 0.269 e. The second-order valence-electron chi connectivity index (χ2n) is 7.82. The highest BCUT2D eigenvalue weighted by Gasteiger charge is 2.49. The number of aliphatic hydroxyl groups is 1. The summed E-state index contributed by atoms with van der Waals surface area (Å²) < 4.78 is 33.2. The van der Waals surface area contributed by atoms with Crippen LogP contribution >= 0.6 is 7.82 Å². The van der Waals surface area contributed by atoms with Gasteiger partial charge in [-0.3, -0.25) is 13.6 Å². The predicted octanol–water partition coefficient (Wildman–Crippen LogP) is 1.41. The minimum Gasteiger partial charge on any atom is -0.756 e. The zero-order valence-electron chi connectivity index (χ0n) is 16.9. The molecule has 2 aliphatic rings. The number of methoxy groups -OCH3 is 2. The van der Waals surface area contributed by atoms with Gasteiger partial charge in [0, 0.05) is 18.9 Å². The van der Waals surface area contributed by atoms with E-state index in [9.17, 15) is 14.6 Å². The Kier molecular flexibility index (Phi) is 7.09. The number of benzene rings is 1. The predicted molar refractivity (Wildman–Crippen MR) is 103 cm³/mol. The molecule has 2 N–H and O–H groups in total. The van der Waals surface area contributed by atoms with Crippen LogP contribution in [0.25, 0.3) is 0 Å². The van der Waals surface area contributed by atoms with Crippen LogP contribution in [-0.4, -0.2) is 66.8 Å². The van der Waals surface area contributed by atoms with Crippen LogP contribution in [0.5, 0.6) is 17.2 Å². The lowest BCUT2D eigenvalue weighted by atomic mass is 9.89. The molecule has 0 spiro atoms. The fourth-order valence-corrected chi connectivity index (χ4v) is 4.99. The number of phosphoric ester groups is 1. The summed E-state index contributed by atoms with van der Waals surface area (Å²) in [6.07, 6.45) is 3.45. The highest BCUT2D eigenvalue weighted by atomic mass is 31.2. The maximum absolute atomic E-state index is 11.2. The monoisotopic (exact) mass is 431 g/mol. The molecule has 0 amide bonds. The molecule has 1 aliphatic carbocycles. The Morgan fingerprint density at radius 3 is 2.52 bits per heavy atom. The first-order chi connectivity index (χ1) is 13.8. The van der Waals surface area contributed by atoms with Gasteiger partial charge in [-0.05, 0) is 31.4 Å². The Balaban J connectivity index is 1.82. The van der Waals surface area contributed by atoms with Gasteiger partial charge in [-0.25, -0.2) is 0 Å². The van der Waals surface area contributed by atoms with Crippen molar-refractivity contribution >= 4 is 7.82 Å². The summed E-state index contributed by atoms with van der Waals surface area (Å²) in [4.78, 5) is 20.3.